The largest absolute Gasteiger partial charge is 0.396 e. The van der Waals surface area contributed by atoms with Crippen LogP contribution in [0.25, 0.3) is 11.0 Å². The summed E-state index contributed by atoms with van der Waals surface area (Å²) in [5.74, 6) is -0.548. The molecule has 0 saturated heterocycles. The number of fused-ring (bicyclic) bond motifs is 1. The van der Waals surface area contributed by atoms with E-state index in [4.69, 9.17) is 5.11 Å². The lowest BCUT2D eigenvalue weighted by atomic mass is 10.1. The van der Waals surface area contributed by atoms with Crippen molar-refractivity contribution in [3.8, 4) is 0 Å². The van der Waals surface area contributed by atoms with Crippen LogP contribution in [0.1, 0.15) is 23.9 Å². The van der Waals surface area contributed by atoms with E-state index in [1.54, 1.807) is 4.57 Å². The average molecular weight is 332 g/mol. The number of halogens is 2. The van der Waals surface area contributed by atoms with E-state index in [1.165, 1.54) is 0 Å². The molecule has 0 fully saturated rings. The van der Waals surface area contributed by atoms with Gasteiger partial charge in [-0.1, -0.05) is 12.1 Å². The molecule has 0 unspecified atom stereocenters. The van der Waals surface area contributed by atoms with Gasteiger partial charge in [0.15, 0.2) is 0 Å². The highest BCUT2D eigenvalue weighted by Crippen LogP contribution is 2.24. The van der Waals surface area contributed by atoms with Crippen molar-refractivity contribution < 1.29 is 19.0 Å². The fourth-order valence-corrected chi connectivity index (χ4v) is 2.80. The van der Waals surface area contributed by atoms with Crippen molar-refractivity contribution in [3.63, 3.8) is 0 Å². The molecule has 0 aliphatic heterocycles. The number of aliphatic hydroxyl groups is 2. The van der Waals surface area contributed by atoms with E-state index in [0.717, 1.165) is 29.2 Å². The van der Waals surface area contributed by atoms with Crippen molar-refractivity contribution in [1.29, 1.82) is 0 Å². The second kappa shape index (κ2) is 7.07. The third-order valence-corrected chi connectivity index (χ3v) is 3.96. The minimum atomic E-state index is -1.20. The second-order valence-electron chi connectivity index (χ2n) is 5.64. The van der Waals surface area contributed by atoms with Crippen molar-refractivity contribution >= 4 is 11.0 Å². The van der Waals surface area contributed by atoms with Gasteiger partial charge in [-0.15, -0.1) is 0 Å². The molecule has 3 aromatic rings. The van der Waals surface area contributed by atoms with Gasteiger partial charge in [-0.2, -0.15) is 0 Å². The predicted molar refractivity (Wildman–Crippen MR) is 86.5 cm³/mol. The van der Waals surface area contributed by atoms with E-state index in [1.807, 2.05) is 24.3 Å². The number of aromatic nitrogens is 2. The van der Waals surface area contributed by atoms with E-state index < -0.39 is 17.7 Å². The number of aryl methyl sites for hydroxylation is 1. The highest BCUT2D eigenvalue weighted by atomic mass is 19.1. The molecule has 1 heterocycles. The molecular weight excluding hydrogens is 314 g/mol. The Morgan fingerprint density at radius 1 is 1.12 bits per heavy atom. The fraction of sp³-hybridized carbons (Fsp3) is 0.278. The Labute approximate surface area is 138 Å². The van der Waals surface area contributed by atoms with Gasteiger partial charge < -0.3 is 14.8 Å². The van der Waals surface area contributed by atoms with E-state index in [2.05, 4.69) is 4.98 Å². The van der Waals surface area contributed by atoms with E-state index >= 15 is 0 Å². The third-order valence-electron chi connectivity index (χ3n) is 3.96. The lowest BCUT2D eigenvalue weighted by Crippen LogP contribution is -2.13. The zero-order valence-electron chi connectivity index (χ0n) is 13.0. The van der Waals surface area contributed by atoms with Crippen LogP contribution in [-0.4, -0.2) is 26.4 Å². The summed E-state index contributed by atoms with van der Waals surface area (Å²) in [6.45, 7) is 0.0892. The standard InChI is InChI=1S/C18H18F2N2O2/c19-12-7-8-14(20)13(10-12)17(24)11-22-16-5-2-1-4-15(16)21-18(22)6-3-9-23/h1-2,4-5,7-8,10,17,23-24H,3,6,9,11H2/t17-/m1/s1. The number of imidazole rings is 1. The van der Waals surface area contributed by atoms with Gasteiger partial charge in [0.2, 0.25) is 0 Å². The maximum Gasteiger partial charge on any atom is 0.129 e. The Kier molecular flexibility index (Phi) is 4.87. The van der Waals surface area contributed by atoms with Crippen LogP contribution in [0.2, 0.25) is 0 Å². The quantitative estimate of drug-likeness (QED) is 0.730. The van der Waals surface area contributed by atoms with Crippen LogP contribution in [-0.2, 0) is 13.0 Å². The Balaban J connectivity index is 1.97. The SMILES string of the molecule is OCCCc1nc2ccccc2n1C[C@@H](O)c1cc(F)ccc1F. The fourth-order valence-electron chi connectivity index (χ4n) is 2.80. The van der Waals surface area contributed by atoms with Crippen molar-refractivity contribution in [2.75, 3.05) is 6.61 Å². The first-order chi connectivity index (χ1) is 11.6. The summed E-state index contributed by atoms with van der Waals surface area (Å²) < 4.78 is 29.0. The number of para-hydroxylation sites is 2. The molecule has 1 aromatic heterocycles. The minimum Gasteiger partial charge on any atom is -0.396 e. The van der Waals surface area contributed by atoms with Gasteiger partial charge in [0.1, 0.15) is 17.5 Å². The third kappa shape index (κ3) is 3.29. The van der Waals surface area contributed by atoms with Gasteiger partial charge >= 0.3 is 0 Å². The number of benzene rings is 2. The minimum absolute atomic E-state index is 0.0320. The van der Waals surface area contributed by atoms with E-state index in [-0.39, 0.29) is 18.7 Å². The normalized spacial score (nSPS) is 12.7. The molecule has 2 N–H and O–H groups in total. The molecular formula is C18H18F2N2O2. The van der Waals surface area contributed by atoms with E-state index in [9.17, 15) is 13.9 Å². The van der Waals surface area contributed by atoms with Gasteiger partial charge in [0.05, 0.1) is 23.7 Å². The summed E-state index contributed by atoms with van der Waals surface area (Å²) in [7, 11) is 0. The molecule has 3 rings (SSSR count). The number of nitrogens with zero attached hydrogens (tertiary/aromatic N) is 2. The first-order valence-corrected chi connectivity index (χ1v) is 7.78. The summed E-state index contributed by atoms with van der Waals surface area (Å²) >= 11 is 0. The highest BCUT2D eigenvalue weighted by molar-refractivity contribution is 5.75. The Morgan fingerprint density at radius 2 is 1.92 bits per heavy atom. The predicted octanol–water partition coefficient (Wildman–Crippen LogP) is 2.97. The molecule has 1 atom stereocenters. The molecule has 0 radical (unpaired) electrons. The molecule has 0 aliphatic rings. The van der Waals surface area contributed by atoms with E-state index in [0.29, 0.717) is 18.7 Å². The Morgan fingerprint density at radius 3 is 2.71 bits per heavy atom. The molecule has 126 valence electrons. The molecule has 24 heavy (non-hydrogen) atoms. The van der Waals surface area contributed by atoms with Crippen molar-refractivity contribution in [2.24, 2.45) is 0 Å². The smallest absolute Gasteiger partial charge is 0.129 e. The van der Waals surface area contributed by atoms with Gasteiger partial charge in [-0.3, -0.25) is 0 Å². The molecule has 0 amide bonds. The number of aliphatic hydroxyl groups excluding tert-OH is 2. The first-order valence-electron chi connectivity index (χ1n) is 7.78. The maximum absolute atomic E-state index is 13.9. The van der Waals surface area contributed by atoms with Crippen molar-refractivity contribution in [1.82, 2.24) is 9.55 Å². The van der Waals surface area contributed by atoms with Crippen LogP contribution in [0.4, 0.5) is 8.78 Å². The van der Waals surface area contributed by atoms with Crippen molar-refractivity contribution in [3.05, 3.63) is 65.5 Å². The van der Waals surface area contributed by atoms with Gasteiger partial charge in [-0.05, 0) is 36.8 Å². The second-order valence-corrected chi connectivity index (χ2v) is 5.64. The average Bonchev–Trinajstić information content (AvgIpc) is 2.93. The van der Waals surface area contributed by atoms with Crippen LogP contribution in [0, 0.1) is 11.6 Å². The van der Waals surface area contributed by atoms with Crippen LogP contribution in [0.5, 0.6) is 0 Å². The zero-order chi connectivity index (χ0) is 17.1. The number of rotatable bonds is 6. The van der Waals surface area contributed by atoms with Crippen LogP contribution >= 0.6 is 0 Å². The maximum atomic E-state index is 13.9. The summed E-state index contributed by atoms with van der Waals surface area (Å²) in [6, 6.07) is 10.5. The molecule has 0 aliphatic carbocycles. The summed E-state index contributed by atoms with van der Waals surface area (Å²) in [5, 5.41) is 19.4. The lowest BCUT2D eigenvalue weighted by molar-refractivity contribution is 0.151. The molecule has 0 spiro atoms. The van der Waals surface area contributed by atoms with Crippen LogP contribution in [0.3, 0.4) is 0 Å². The lowest BCUT2D eigenvalue weighted by Gasteiger charge is -2.16. The zero-order valence-corrected chi connectivity index (χ0v) is 13.0. The molecule has 0 saturated carbocycles. The summed E-state index contributed by atoms with van der Waals surface area (Å²) in [5.41, 5.74) is 1.49. The molecule has 6 heteroatoms. The topological polar surface area (TPSA) is 58.3 Å². The molecule has 0 bridgehead atoms. The Hall–Kier alpha value is -2.31. The van der Waals surface area contributed by atoms with Crippen LogP contribution < -0.4 is 0 Å². The number of hydrogen-bond acceptors (Lipinski definition) is 3. The van der Waals surface area contributed by atoms with Crippen LogP contribution in [0.15, 0.2) is 42.5 Å². The molecule has 4 nitrogen and oxygen atoms in total. The number of hydrogen-bond donors (Lipinski definition) is 2. The monoisotopic (exact) mass is 332 g/mol. The van der Waals surface area contributed by atoms with Gasteiger partial charge in [-0.25, -0.2) is 13.8 Å². The van der Waals surface area contributed by atoms with Crippen molar-refractivity contribution in [2.45, 2.75) is 25.5 Å². The highest BCUT2D eigenvalue weighted by Gasteiger charge is 2.18. The summed E-state index contributed by atoms with van der Waals surface area (Å²) in [6.07, 6.45) is -0.136. The van der Waals surface area contributed by atoms with Gasteiger partial charge in [0, 0.05) is 18.6 Å². The Bertz CT molecular complexity index is 848. The van der Waals surface area contributed by atoms with Gasteiger partial charge in [0.25, 0.3) is 0 Å². The summed E-state index contributed by atoms with van der Waals surface area (Å²) in [4.78, 5) is 4.51. The molecule has 2 aromatic carbocycles. The first kappa shape index (κ1) is 16.5.